The molecular formula is C15H22ClNO. The van der Waals surface area contributed by atoms with Gasteiger partial charge in [-0.25, -0.2) is 0 Å². The molecule has 2 rings (SSSR count). The summed E-state index contributed by atoms with van der Waals surface area (Å²) in [6, 6.07) is 8.61. The van der Waals surface area contributed by atoms with E-state index in [1.165, 1.54) is 31.2 Å². The molecule has 0 saturated heterocycles. The fraction of sp³-hybridized carbons (Fsp3) is 0.600. The van der Waals surface area contributed by atoms with Crippen molar-refractivity contribution in [1.82, 2.24) is 5.32 Å². The van der Waals surface area contributed by atoms with E-state index in [2.05, 4.69) is 12.2 Å². The van der Waals surface area contributed by atoms with Crippen molar-refractivity contribution in [2.75, 3.05) is 6.54 Å². The van der Waals surface area contributed by atoms with Gasteiger partial charge in [-0.15, -0.1) is 0 Å². The minimum Gasteiger partial charge on any atom is -0.374 e. The number of hydrogen-bond acceptors (Lipinski definition) is 2. The van der Waals surface area contributed by atoms with E-state index in [9.17, 15) is 0 Å². The molecular weight excluding hydrogens is 246 g/mol. The molecule has 1 aliphatic carbocycles. The zero-order valence-electron chi connectivity index (χ0n) is 11.0. The lowest BCUT2D eigenvalue weighted by atomic mass is 9.93. The van der Waals surface area contributed by atoms with E-state index in [4.69, 9.17) is 16.3 Å². The van der Waals surface area contributed by atoms with Crippen molar-refractivity contribution in [3.63, 3.8) is 0 Å². The van der Waals surface area contributed by atoms with Gasteiger partial charge in [-0.05, 0) is 49.9 Å². The average molecular weight is 268 g/mol. The molecule has 1 aromatic carbocycles. The summed E-state index contributed by atoms with van der Waals surface area (Å²) in [6.45, 7) is 3.94. The fourth-order valence-electron chi connectivity index (χ4n) is 2.52. The molecule has 18 heavy (non-hydrogen) atoms. The molecule has 0 aliphatic heterocycles. The summed E-state index contributed by atoms with van der Waals surface area (Å²) in [6.07, 6.45) is 5.24. The van der Waals surface area contributed by atoms with Gasteiger partial charge in [0.2, 0.25) is 0 Å². The molecule has 100 valence electrons. The Balaban J connectivity index is 1.70. The summed E-state index contributed by atoms with van der Waals surface area (Å²) in [4.78, 5) is 0. The minimum absolute atomic E-state index is 0.426. The van der Waals surface area contributed by atoms with Crippen LogP contribution in [0.5, 0.6) is 0 Å². The first kappa shape index (κ1) is 13.9. The van der Waals surface area contributed by atoms with Crippen LogP contribution < -0.4 is 5.32 Å². The summed E-state index contributed by atoms with van der Waals surface area (Å²) >= 11 is 5.86. The normalized spacial score (nSPS) is 24.1. The Morgan fingerprint density at radius 2 is 1.83 bits per heavy atom. The quantitative estimate of drug-likeness (QED) is 0.877. The first-order valence-corrected chi connectivity index (χ1v) is 7.25. The second-order valence-electron chi connectivity index (χ2n) is 4.97. The van der Waals surface area contributed by atoms with Gasteiger partial charge >= 0.3 is 0 Å². The molecule has 0 amide bonds. The van der Waals surface area contributed by atoms with Crippen LogP contribution in [0, 0.1) is 0 Å². The smallest absolute Gasteiger partial charge is 0.0720 e. The van der Waals surface area contributed by atoms with Gasteiger partial charge in [0.1, 0.15) is 0 Å². The Morgan fingerprint density at radius 3 is 2.44 bits per heavy atom. The Kier molecular flexibility index (Phi) is 5.48. The van der Waals surface area contributed by atoms with Crippen LogP contribution in [0.3, 0.4) is 0 Å². The molecule has 0 atom stereocenters. The summed E-state index contributed by atoms with van der Waals surface area (Å²) in [7, 11) is 0. The molecule has 3 heteroatoms. The third kappa shape index (κ3) is 4.27. The highest BCUT2D eigenvalue weighted by molar-refractivity contribution is 6.30. The van der Waals surface area contributed by atoms with Gasteiger partial charge < -0.3 is 10.1 Å². The van der Waals surface area contributed by atoms with E-state index >= 15 is 0 Å². The van der Waals surface area contributed by atoms with E-state index in [0.29, 0.717) is 18.8 Å². The molecule has 0 heterocycles. The maximum absolute atomic E-state index is 5.96. The molecule has 1 fully saturated rings. The lowest BCUT2D eigenvalue weighted by Crippen LogP contribution is -2.35. The van der Waals surface area contributed by atoms with Crippen molar-refractivity contribution in [3.8, 4) is 0 Å². The van der Waals surface area contributed by atoms with Crippen LogP contribution in [0.25, 0.3) is 0 Å². The Labute approximate surface area is 115 Å². The molecule has 0 spiro atoms. The van der Waals surface area contributed by atoms with E-state index in [1.54, 1.807) is 0 Å². The van der Waals surface area contributed by atoms with Crippen molar-refractivity contribution in [3.05, 3.63) is 34.9 Å². The first-order valence-electron chi connectivity index (χ1n) is 6.87. The number of rotatable bonds is 5. The minimum atomic E-state index is 0.426. The summed E-state index contributed by atoms with van der Waals surface area (Å²) in [5, 5.41) is 4.30. The molecule has 1 aromatic rings. The van der Waals surface area contributed by atoms with Crippen molar-refractivity contribution >= 4 is 11.6 Å². The van der Waals surface area contributed by atoms with Crippen molar-refractivity contribution in [2.24, 2.45) is 0 Å². The van der Waals surface area contributed by atoms with Gasteiger partial charge in [-0.1, -0.05) is 30.7 Å². The summed E-state index contributed by atoms with van der Waals surface area (Å²) in [5.41, 5.74) is 1.20. The SMILES string of the molecule is CCNC1CCC(OCc2ccc(Cl)cc2)CC1. The average Bonchev–Trinajstić information content (AvgIpc) is 2.40. The van der Waals surface area contributed by atoms with Gasteiger partial charge in [0.05, 0.1) is 12.7 Å². The highest BCUT2D eigenvalue weighted by Gasteiger charge is 2.20. The predicted octanol–water partition coefficient (Wildman–Crippen LogP) is 3.78. The summed E-state index contributed by atoms with van der Waals surface area (Å²) in [5.74, 6) is 0. The second kappa shape index (κ2) is 7.13. The van der Waals surface area contributed by atoms with E-state index in [0.717, 1.165) is 11.6 Å². The van der Waals surface area contributed by atoms with Crippen LogP contribution in [-0.4, -0.2) is 18.7 Å². The van der Waals surface area contributed by atoms with Crippen LogP contribution in [0.2, 0.25) is 5.02 Å². The number of nitrogens with one attached hydrogen (secondary N) is 1. The maximum atomic E-state index is 5.96. The van der Waals surface area contributed by atoms with Crippen molar-refractivity contribution in [1.29, 1.82) is 0 Å². The van der Waals surface area contributed by atoms with E-state index in [-0.39, 0.29) is 0 Å². The van der Waals surface area contributed by atoms with Gasteiger partial charge in [-0.3, -0.25) is 0 Å². The van der Waals surface area contributed by atoms with Crippen molar-refractivity contribution in [2.45, 2.75) is 51.4 Å². The largest absolute Gasteiger partial charge is 0.374 e. The third-order valence-corrected chi connectivity index (χ3v) is 3.82. The molecule has 1 N–H and O–H groups in total. The summed E-state index contributed by atoms with van der Waals surface area (Å²) < 4.78 is 5.96. The van der Waals surface area contributed by atoms with E-state index < -0.39 is 0 Å². The fourth-order valence-corrected chi connectivity index (χ4v) is 2.64. The molecule has 0 aromatic heterocycles. The van der Waals surface area contributed by atoms with Gasteiger partial charge in [0.15, 0.2) is 0 Å². The highest BCUT2D eigenvalue weighted by atomic mass is 35.5. The van der Waals surface area contributed by atoms with E-state index in [1.807, 2.05) is 24.3 Å². The van der Waals surface area contributed by atoms with Gasteiger partial charge in [0, 0.05) is 11.1 Å². The number of benzene rings is 1. The first-order chi connectivity index (χ1) is 8.78. The third-order valence-electron chi connectivity index (χ3n) is 3.57. The monoisotopic (exact) mass is 267 g/mol. The maximum Gasteiger partial charge on any atom is 0.0720 e. The van der Waals surface area contributed by atoms with Crippen LogP contribution in [0.15, 0.2) is 24.3 Å². The molecule has 2 nitrogen and oxygen atoms in total. The van der Waals surface area contributed by atoms with Gasteiger partial charge in [-0.2, -0.15) is 0 Å². The Hall–Kier alpha value is -0.570. The van der Waals surface area contributed by atoms with Crippen LogP contribution in [0.4, 0.5) is 0 Å². The molecule has 1 saturated carbocycles. The highest BCUT2D eigenvalue weighted by Crippen LogP contribution is 2.22. The number of hydrogen-bond donors (Lipinski definition) is 1. The van der Waals surface area contributed by atoms with Crippen LogP contribution >= 0.6 is 11.6 Å². The molecule has 1 aliphatic rings. The standard InChI is InChI=1S/C15H22ClNO/c1-2-17-14-7-9-15(10-8-14)18-11-12-3-5-13(16)6-4-12/h3-6,14-15,17H,2,7-11H2,1H3. The zero-order valence-corrected chi connectivity index (χ0v) is 11.7. The topological polar surface area (TPSA) is 21.3 Å². The number of halogens is 1. The zero-order chi connectivity index (χ0) is 12.8. The predicted molar refractivity (Wildman–Crippen MR) is 76.0 cm³/mol. The molecule has 0 bridgehead atoms. The van der Waals surface area contributed by atoms with Gasteiger partial charge in [0.25, 0.3) is 0 Å². The lowest BCUT2D eigenvalue weighted by molar-refractivity contribution is 0.0115. The Morgan fingerprint density at radius 1 is 1.17 bits per heavy atom. The molecule has 0 radical (unpaired) electrons. The second-order valence-corrected chi connectivity index (χ2v) is 5.41. The van der Waals surface area contributed by atoms with Crippen LogP contribution in [-0.2, 0) is 11.3 Å². The van der Waals surface area contributed by atoms with Crippen LogP contribution in [0.1, 0.15) is 38.2 Å². The molecule has 0 unspecified atom stereocenters. The Bertz CT molecular complexity index is 344. The van der Waals surface area contributed by atoms with Crippen molar-refractivity contribution < 1.29 is 4.74 Å². The lowest BCUT2D eigenvalue weighted by Gasteiger charge is -2.29. The number of ether oxygens (including phenoxy) is 1.